The summed E-state index contributed by atoms with van der Waals surface area (Å²) < 4.78 is 46.2. The first-order valence-corrected chi connectivity index (χ1v) is 8.84. The molecule has 0 aliphatic carbocycles. The third-order valence-corrected chi connectivity index (χ3v) is 4.70. The van der Waals surface area contributed by atoms with Crippen LogP contribution in [0.1, 0.15) is 18.0 Å². The zero-order valence-electron chi connectivity index (χ0n) is 14.4. The topological polar surface area (TPSA) is 58.0 Å². The Morgan fingerprint density at radius 1 is 1.14 bits per heavy atom. The van der Waals surface area contributed by atoms with E-state index in [2.05, 4.69) is 10.1 Å². The number of carbonyl (C=O) groups is 1. The standard InChI is InChI=1S/C18H14ClF3N4O2/c19-16-2-1-15(17(22)24-16)28-13-8-25(9-13)18(27)26-14(3-4-23-26)10-5-11(20)7-12(21)6-10/h1-2,4-7,13-14H,3,8-9H2/t14-/m0/s1. The fraction of sp³-hybridized carbons (Fsp3) is 0.278. The molecule has 146 valence electrons. The van der Waals surface area contributed by atoms with Crippen LogP contribution in [0.2, 0.25) is 5.15 Å². The second-order valence-corrected chi connectivity index (χ2v) is 6.83. The van der Waals surface area contributed by atoms with Gasteiger partial charge >= 0.3 is 6.03 Å². The summed E-state index contributed by atoms with van der Waals surface area (Å²) in [5.74, 6) is -2.31. The highest BCUT2D eigenvalue weighted by molar-refractivity contribution is 6.29. The summed E-state index contributed by atoms with van der Waals surface area (Å²) in [4.78, 5) is 17.6. The van der Waals surface area contributed by atoms with Gasteiger partial charge in [-0.25, -0.2) is 23.6 Å². The summed E-state index contributed by atoms with van der Waals surface area (Å²) in [5.41, 5.74) is 0.325. The lowest BCUT2D eigenvalue weighted by Gasteiger charge is -2.40. The van der Waals surface area contributed by atoms with Crippen LogP contribution < -0.4 is 4.74 Å². The fourth-order valence-corrected chi connectivity index (χ4v) is 3.26. The van der Waals surface area contributed by atoms with Crippen LogP contribution in [0.3, 0.4) is 0 Å². The van der Waals surface area contributed by atoms with E-state index >= 15 is 0 Å². The van der Waals surface area contributed by atoms with Gasteiger partial charge in [-0.1, -0.05) is 11.6 Å². The molecular weight excluding hydrogens is 397 g/mol. The Bertz CT molecular complexity index is 932. The van der Waals surface area contributed by atoms with Crippen molar-refractivity contribution in [1.29, 1.82) is 0 Å². The number of rotatable bonds is 3. The molecule has 0 radical (unpaired) electrons. The Hall–Kier alpha value is -2.81. The first kappa shape index (κ1) is 18.5. The summed E-state index contributed by atoms with van der Waals surface area (Å²) in [7, 11) is 0. The van der Waals surface area contributed by atoms with Crippen molar-refractivity contribution in [3.05, 3.63) is 58.6 Å². The number of hydrazone groups is 1. The third kappa shape index (κ3) is 3.62. The smallest absolute Gasteiger partial charge is 0.341 e. The van der Waals surface area contributed by atoms with Gasteiger partial charge in [0.1, 0.15) is 22.9 Å². The lowest BCUT2D eigenvalue weighted by atomic mass is 10.0. The number of urea groups is 1. The molecule has 1 aromatic carbocycles. The average Bonchev–Trinajstić information content (AvgIpc) is 3.07. The van der Waals surface area contributed by atoms with Crippen molar-refractivity contribution in [3.63, 3.8) is 0 Å². The first-order chi connectivity index (χ1) is 13.4. The number of aromatic nitrogens is 1. The molecule has 4 rings (SSSR count). The molecule has 1 saturated heterocycles. The van der Waals surface area contributed by atoms with Gasteiger partial charge in [-0.2, -0.15) is 9.49 Å². The first-order valence-electron chi connectivity index (χ1n) is 8.46. The molecule has 2 aliphatic heterocycles. The summed E-state index contributed by atoms with van der Waals surface area (Å²) in [6, 6.07) is 4.90. The molecule has 3 heterocycles. The van der Waals surface area contributed by atoms with E-state index in [0.717, 1.165) is 6.07 Å². The highest BCUT2D eigenvalue weighted by Gasteiger charge is 2.39. The molecule has 10 heteroatoms. The largest absolute Gasteiger partial charge is 0.482 e. The molecule has 0 bridgehead atoms. The predicted octanol–water partition coefficient (Wildman–Crippen LogP) is 3.77. The van der Waals surface area contributed by atoms with E-state index < -0.39 is 35.8 Å². The van der Waals surface area contributed by atoms with Gasteiger partial charge in [0.15, 0.2) is 5.75 Å². The van der Waals surface area contributed by atoms with Gasteiger partial charge in [0.2, 0.25) is 0 Å². The second-order valence-electron chi connectivity index (χ2n) is 6.45. The molecule has 2 amide bonds. The van der Waals surface area contributed by atoms with Crippen molar-refractivity contribution in [2.45, 2.75) is 18.6 Å². The Morgan fingerprint density at radius 3 is 2.54 bits per heavy atom. The van der Waals surface area contributed by atoms with Crippen molar-refractivity contribution in [2.24, 2.45) is 5.10 Å². The third-order valence-electron chi connectivity index (χ3n) is 4.49. The zero-order valence-corrected chi connectivity index (χ0v) is 15.1. The Labute approximate surface area is 163 Å². The van der Waals surface area contributed by atoms with Crippen LogP contribution in [0.25, 0.3) is 0 Å². The van der Waals surface area contributed by atoms with Gasteiger partial charge in [-0.15, -0.1) is 0 Å². The summed E-state index contributed by atoms with van der Waals surface area (Å²) in [6.45, 7) is 0.439. The number of benzene rings is 1. The fourth-order valence-electron chi connectivity index (χ4n) is 3.12. The maximum absolute atomic E-state index is 13.7. The quantitative estimate of drug-likeness (QED) is 0.724. The van der Waals surface area contributed by atoms with Gasteiger partial charge in [-0.3, -0.25) is 0 Å². The van der Waals surface area contributed by atoms with Crippen LogP contribution in [0.5, 0.6) is 5.75 Å². The Balaban J connectivity index is 1.39. The summed E-state index contributed by atoms with van der Waals surface area (Å²) >= 11 is 5.60. The second kappa shape index (κ2) is 7.31. The van der Waals surface area contributed by atoms with Crippen molar-refractivity contribution < 1.29 is 22.7 Å². The lowest BCUT2D eigenvalue weighted by molar-refractivity contribution is 0.0252. The number of hydrogen-bond donors (Lipinski definition) is 0. The number of pyridine rings is 1. The minimum Gasteiger partial charge on any atom is -0.482 e. The molecular formula is C18H14ClF3N4O2. The SMILES string of the molecule is O=C(N1CC(Oc2ccc(Cl)nc2F)C1)N1N=CC[C@H]1c1cc(F)cc(F)c1. The van der Waals surface area contributed by atoms with Crippen molar-refractivity contribution in [2.75, 3.05) is 13.1 Å². The molecule has 0 saturated carbocycles. The zero-order chi connectivity index (χ0) is 19.8. The van der Waals surface area contributed by atoms with Crippen LogP contribution in [0.15, 0.2) is 35.4 Å². The number of likely N-dealkylation sites (tertiary alicyclic amines) is 1. The van der Waals surface area contributed by atoms with E-state index in [-0.39, 0.29) is 24.0 Å². The van der Waals surface area contributed by atoms with Crippen LogP contribution >= 0.6 is 11.6 Å². The predicted molar refractivity (Wildman–Crippen MR) is 94.6 cm³/mol. The molecule has 6 nitrogen and oxygen atoms in total. The van der Waals surface area contributed by atoms with Crippen LogP contribution in [-0.4, -0.2) is 46.3 Å². The molecule has 2 aliphatic rings. The van der Waals surface area contributed by atoms with Crippen LogP contribution in [0.4, 0.5) is 18.0 Å². The maximum atomic E-state index is 13.7. The highest BCUT2D eigenvalue weighted by Crippen LogP contribution is 2.31. The van der Waals surface area contributed by atoms with E-state index in [9.17, 15) is 18.0 Å². The van der Waals surface area contributed by atoms with Gasteiger partial charge in [0.25, 0.3) is 5.95 Å². The van der Waals surface area contributed by atoms with Gasteiger partial charge < -0.3 is 9.64 Å². The van der Waals surface area contributed by atoms with Crippen molar-refractivity contribution in [1.82, 2.24) is 14.9 Å². The number of amides is 2. The van der Waals surface area contributed by atoms with E-state index in [1.54, 1.807) is 0 Å². The minimum absolute atomic E-state index is 0.0157. The highest BCUT2D eigenvalue weighted by atomic mass is 35.5. The molecule has 1 fully saturated rings. The minimum atomic E-state index is -0.824. The molecule has 1 aromatic heterocycles. The molecule has 0 N–H and O–H groups in total. The van der Waals surface area contributed by atoms with Crippen LogP contribution in [0, 0.1) is 17.6 Å². The number of halogens is 4. The number of hydrogen-bond acceptors (Lipinski definition) is 4. The lowest BCUT2D eigenvalue weighted by Crippen LogP contribution is -2.58. The summed E-state index contributed by atoms with van der Waals surface area (Å²) in [5, 5.41) is 5.24. The van der Waals surface area contributed by atoms with E-state index in [1.165, 1.54) is 40.4 Å². The number of carbonyl (C=O) groups excluding carboxylic acids is 1. The Kier molecular flexibility index (Phi) is 4.84. The van der Waals surface area contributed by atoms with Crippen LogP contribution in [-0.2, 0) is 0 Å². The van der Waals surface area contributed by atoms with E-state index in [1.807, 2.05) is 0 Å². The number of nitrogens with zero attached hydrogens (tertiary/aromatic N) is 4. The normalized spacial score (nSPS) is 19.1. The molecule has 2 aromatic rings. The Morgan fingerprint density at radius 2 is 1.86 bits per heavy atom. The average molecular weight is 411 g/mol. The molecule has 28 heavy (non-hydrogen) atoms. The van der Waals surface area contributed by atoms with Crippen molar-refractivity contribution >= 4 is 23.8 Å². The monoisotopic (exact) mass is 410 g/mol. The van der Waals surface area contributed by atoms with E-state index in [4.69, 9.17) is 16.3 Å². The number of ether oxygens (including phenoxy) is 1. The van der Waals surface area contributed by atoms with Gasteiger partial charge in [0.05, 0.1) is 19.1 Å². The molecule has 1 atom stereocenters. The van der Waals surface area contributed by atoms with Crippen molar-refractivity contribution in [3.8, 4) is 5.75 Å². The summed E-state index contributed by atoms with van der Waals surface area (Å²) in [6.07, 6.45) is 1.47. The molecule has 0 spiro atoms. The maximum Gasteiger partial charge on any atom is 0.341 e. The molecule has 0 unspecified atom stereocenters. The van der Waals surface area contributed by atoms with Gasteiger partial charge in [-0.05, 0) is 29.8 Å². The van der Waals surface area contributed by atoms with Gasteiger partial charge in [0, 0.05) is 18.7 Å². The van der Waals surface area contributed by atoms with E-state index in [0.29, 0.717) is 12.0 Å².